The van der Waals surface area contributed by atoms with Crippen LogP contribution in [-0.4, -0.2) is 29.8 Å². The quantitative estimate of drug-likeness (QED) is 0.586. The van der Waals surface area contributed by atoms with Crippen molar-refractivity contribution in [2.45, 2.75) is 39.4 Å². The molecule has 2 rings (SSSR count). The average molecular weight is 383 g/mol. The molecule has 0 unspecified atom stereocenters. The van der Waals surface area contributed by atoms with Crippen LogP contribution in [0.25, 0.3) is 0 Å². The number of carbonyl (C=O) groups excluding carboxylic acids is 3. The minimum Gasteiger partial charge on any atom is -0.368 e. The van der Waals surface area contributed by atoms with Gasteiger partial charge in [0.15, 0.2) is 18.9 Å². The Hall–Kier alpha value is -3.22. The van der Waals surface area contributed by atoms with E-state index in [1.165, 1.54) is 6.92 Å². The fourth-order valence-electron chi connectivity index (χ4n) is 2.68. The Morgan fingerprint density at radius 2 is 1.68 bits per heavy atom. The summed E-state index contributed by atoms with van der Waals surface area (Å²) in [4.78, 5) is 36.3. The minimum absolute atomic E-state index is 0.163. The highest BCUT2D eigenvalue weighted by atomic mass is 16.2. The molecule has 7 nitrogen and oxygen atoms in total. The Morgan fingerprint density at radius 3 is 2.29 bits per heavy atom. The van der Waals surface area contributed by atoms with Crippen molar-refractivity contribution < 1.29 is 19.0 Å². The Morgan fingerprint density at radius 1 is 1.00 bits per heavy atom. The molecule has 0 aliphatic rings. The van der Waals surface area contributed by atoms with E-state index in [-0.39, 0.29) is 11.8 Å². The predicted molar refractivity (Wildman–Crippen MR) is 105 cm³/mol. The van der Waals surface area contributed by atoms with E-state index in [2.05, 4.69) is 10.6 Å². The summed E-state index contributed by atoms with van der Waals surface area (Å²) in [6.07, 6.45) is 3.62. The van der Waals surface area contributed by atoms with Crippen LogP contribution in [0.3, 0.4) is 0 Å². The lowest BCUT2D eigenvalue weighted by molar-refractivity contribution is -0.688. The molecule has 1 aromatic heterocycles. The van der Waals surface area contributed by atoms with Crippen molar-refractivity contribution in [3.63, 3.8) is 0 Å². The SMILES string of the molecule is CC(C)[C@H](NC(=O)c1ccc[n+](Cc2ccccc2)c1)C(=O)N[C@@H](C)C(N)=O. The summed E-state index contributed by atoms with van der Waals surface area (Å²) in [5.74, 6) is -1.60. The van der Waals surface area contributed by atoms with Crippen molar-refractivity contribution in [2.75, 3.05) is 0 Å². The first-order valence-electron chi connectivity index (χ1n) is 9.21. The van der Waals surface area contributed by atoms with Crippen molar-refractivity contribution >= 4 is 17.7 Å². The topological polar surface area (TPSA) is 105 Å². The third-order valence-electron chi connectivity index (χ3n) is 4.35. The van der Waals surface area contributed by atoms with E-state index >= 15 is 0 Å². The van der Waals surface area contributed by atoms with Crippen molar-refractivity contribution in [1.29, 1.82) is 0 Å². The summed E-state index contributed by atoms with van der Waals surface area (Å²) < 4.78 is 1.91. The number of nitrogens with zero attached hydrogens (tertiary/aromatic N) is 1. The van der Waals surface area contributed by atoms with Crippen molar-refractivity contribution in [2.24, 2.45) is 11.7 Å². The Kier molecular flexibility index (Phi) is 7.26. The molecule has 3 amide bonds. The summed E-state index contributed by atoms with van der Waals surface area (Å²) in [5, 5.41) is 5.28. The van der Waals surface area contributed by atoms with Crippen molar-refractivity contribution in [3.8, 4) is 0 Å². The maximum absolute atomic E-state index is 12.7. The molecule has 0 saturated carbocycles. The van der Waals surface area contributed by atoms with E-state index in [0.29, 0.717) is 12.1 Å². The van der Waals surface area contributed by atoms with Gasteiger partial charge >= 0.3 is 0 Å². The van der Waals surface area contributed by atoms with Crippen LogP contribution in [0.1, 0.15) is 36.7 Å². The van der Waals surface area contributed by atoms with Gasteiger partial charge < -0.3 is 16.4 Å². The summed E-state index contributed by atoms with van der Waals surface area (Å²) in [5.41, 5.74) is 6.75. The lowest BCUT2D eigenvalue weighted by Gasteiger charge is -2.23. The summed E-state index contributed by atoms with van der Waals surface area (Å²) >= 11 is 0. The fourth-order valence-corrected chi connectivity index (χ4v) is 2.68. The van der Waals surface area contributed by atoms with Gasteiger partial charge in [0.2, 0.25) is 11.8 Å². The number of nitrogens with one attached hydrogen (secondary N) is 2. The summed E-state index contributed by atoms with van der Waals surface area (Å²) in [7, 11) is 0. The average Bonchev–Trinajstić information content (AvgIpc) is 2.66. The second-order valence-corrected chi connectivity index (χ2v) is 7.08. The first-order valence-corrected chi connectivity index (χ1v) is 9.21. The number of amides is 3. The maximum Gasteiger partial charge on any atom is 0.258 e. The molecule has 1 aromatic carbocycles. The highest BCUT2D eigenvalue weighted by Gasteiger charge is 2.27. The molecule has 0 spiro atoms. The second-order valence-electron chi connectivity index (χ2n) is 7.08. The van der Waals surface area contributed by atoms with Gasteiger partial charge in [-0.3, -0.25) is 14.4 Å². The van der Waals surface area contributed by atoms with Crippen LogP contribution in [0, 0.1) is 5.92 Å². The molecule has 148 valence electrons. The number of benzene rings is 1. The number of primary amides is 1. The van der Waals surface area contributed by atoms with Gasteiger partial charge in [-0.25, -0.2) is 0 Å². The lowest BCUT2D eigenvalue weighted by Crippen LogP contribution is -2.54. The monoisotopic (exact) mass is 383 g/mol. The highest BCUT2D eigenvalue weighted by Crippen LogP contribution is 2.05. The van der Waals surface area contributed by atoms with Crippen molar-refractivity contribution in [1.82, 2.24) is 10.6 Å². The van der Waals surface area contributed by atoms with E-state index in [4.69, 9.17) is 5.73 Å². The number of pyridine rings is 1. The molecule has 0 saturated heterocycles. The highest BCUT2D eigenvalue weighted by molar-refractivity contribution is 5.98. The molecule has 1 heterocycles. The normalized spacial score (nSPS) is 12.9. The summed E-state index contributed by atoms with van der Waals surface area (Å²) in [6, 6.07) is 11.8. The molecule has 28 heavy (non-hydrogen) atoms. The van der Waals surface area contributed by atoms with Gasteiger partial charge in [-0.1, -0.05) is 44.2 Å². The smallest absolute Gasteiger partial charge is 0.258 e. The standard InChI is InChI=1S/C21H26N4O3/c1-14(2)18(21(28)23-15(3)19(22)26)24-20(27)17-10-7-11-25(13-17)12-16-8-5-4-6-9-16/h4-11,13-15,18H,12H2,1-3H3,(H3-,22,23,24,26,27,28)/p+1/t15-,18-/m0/s1. The Balaban J connectivity index is 2.10. The zero-order chi connectivity index (χ0) is 20.7. The Bertz CT molecular complexity index is 837. The number of aromatic nitrogens is 1. The van der Waals surface area contributed by atoms with Gasteiger partial charge in [-0.05, 0) is 18.9 Å². The van der Waals surface area contributed by atoms with E-state index in [1.807, 2.05) is 54.9 Å². The molecule has 0 aliphatic carbocycles. The van der Waals surface area contributed by atoms with Crippen LogP contribution < -0.4 is 20.9 Å². The number of carbonyl (C=O) groups is 3. The van der Waals surface area contributed by atoms with E-state index in [0.717, 1.165) is 5.56 Å². The molecule has 4 N–H and O–H groups in total. The molecule has 0 aliphatic heterocycles. The van der Waals surface area contributed by atoms with Gasteiger partial charge in [0.1, 0.15) is 17.6 Å². The fraction of sp³-hybridized carbons (Fsp3) is 0.333. The predicted octanol–water partition coefficient (Wildman–Crippen LogP) is 0.767. The van der Waals surface area contributed by atoms with Gasteiger partial charge in [0, 0.05) is 11.6 Å². The summed E-state index contributed by atoms with van der Waals surface area (Å²) in [6.45, 7) is 5.77. The first-order chi connectivity index (χ1) is 13.3. The number of hydrogen-bond acceptors (Lipinski definition) is 3. The molecule has 2 atom stereocenters. The molecule has 2 aromatic rings. The zero-order valence-corrected chi connectivity index (χ0v) is 16.4. The minimum atomic E-state index is -0.810. The zero-order valence-electron chi connectivity index (χ0n) is 16.4. The number of nitrogens with two attached hydrogens (primary N) is 1. The van der Waals surface area contributed by atoms with Crippen LogP contribution in [0.5, 0.6) is 0 Å². The van der Waals surface area contributed by atoms with Crippen LogP contribution >= 0.6 is 0 Å². The third-order valence-corrected chi connectivity index (χ3v) is 4.35. The third kappa shape index (κ3) is 5.90. The number of hydrogen-bond donors (Lipinski definition) is 3. The van der Waals surface area contributed by atoms with Gasteiger partial charge in [-0.15, -0.1) is 0 Å². The van der Waals surface area contributed by atoms with Crippen LogP contribution in [0.15, 0.2) is 54.9 Å². The van der Waals surface area contributed by atoms with E-state index in [1.54, 1.807) is 18.3 Å². The van der Waals surface area contributed by atoms with E-state index < -0.39 is 23.9 Å². The molecular weight excluding hydrogens is 356 g/mol. The van der Waals surface area contributed by atoms with E-state index in [9.17, 15) is 14.4 Å². The molecular formula is C21H27N4O3+. The molecule has 0 bridgehead atoms. The van der Waals surface area contributed by atoms with Crippen LogP contribution in [0.2, 0.25) is 0 Å². The Labute approximate surface area is 164 Å². The lowest BCUT2D eigenvalue weighted by atomic mass is 10.0. The van der Waals surface area contributed by atoms with Gasteiger partial charge in [-0.2, -0.15) is 4.57 Å². The second kappa shape index (κ2) is 9.64. The molecule has 0 radical (unpaired) electrons. The molecule has 7 heteroatoms. The van der Waals surface area contributed by atoms with Crippen LogP contribution in [-0.2, 0) is 16.1 Å². The number of rotatable bonds is 8. The molecule has 0 fully saturated rings. The van der Waals surface area contributed by atoms with Gasteiger partial charge in [0.25, 0.3) is 5.91 Å². The largest absolute Gasteiger partial charge is 0.368 e. The van der Waals surface area contributed by atoms with Crippen LogP contribution in [0.4, 0.5) is 0 Å². The first kappa shape index (κ1) is 21.1. The van der Waals surface area contributed by atoms with Crippen molar-refractivity contribution in [3.05, 3.63) is 66.0 Å². The van der Waals surface area contributed by atoms with Gasteiger partial charge in [0.05, 0.1) is 0 Å². The maximum atomic E-state index is 12.7.